The van der Waals surface area contributed by atoms with Crippen LogP contribution in [-0.4, -0.2) is 33.6 Å². The number of carbonyl (C=O) groups is 1. The van der Waals surface area contributed by atoms with E-state index in [4.69, 9.17) is 17.3 Å². The molecule has 118 valence electrons. The number of nitrogens with zero attached hydrogens (tertiary/aromatic N) is 1. The molecule has 22 heavy (non-hydrogen) atoms. The average molecular weight is 321 g/mol. The van der Waals surface area contributed by atoms with Gasteiger partial charge in [0.25, 0.3) is 0 Å². The number of phenols is 1. The first-order valence-corrected chi connectivity index (χ1v) is 7.63. The minimum atomic E-state index is -1.19. The van der Waals surface area contributed by atoms with Crippen LogP contribution < -0.4 is 10.7 Å². The van der Waals surface area contributed by atoms with Gasteiger partial charge in [0.15, 0.2) is 5.11 Å². The number of hydrogen-bond acceptors (Lipinski definition) is 4. The number of hydrogen-bond donors (Lipinski definition) is 4. The Bertz CT molecular complexity index is 583. The van der Waals surface area contributed by atoms with Crippen molar-refractivity contribution in [1.82, 2.24) is 10.7 Å². The smallest absolute Gasteiger partial charge is 0.339 e. The predicted molar refractivity (Wildman–Crippen MR) is 88.4 cm³/mol. The summed E-state index contributed by atoms with van der Waals surface area (Å²) in [6.07, 6.45) is 7.41. The van der Waals surface area contributed by atoms with Gasteiger partial charge >= 0.3 is 5.97 Å². The molecule has 1 fully saturated rings. The molecular formula is C15H19N3O3S. The highest BCUT2D eigenvalue weighted by Crippen LogP contribution is 2.18. The van der Waals surface area contributed by atoms with Crippen molar-refractivity contribution in [2.24, 2.45) is 5.10 Å². The van der Waals surface area contributed by atoms with Gasteiger partial charge in [0.1, 0.15) is 11.3 Å². The number of hydrazone groups is 1. The summed E-state index contributed by atoms with van der Waals surface area (Å²) in [5.74, 6) is -1.46. The molecule has 0 amide bonds. The Balaban J connectivity index is 1.87. The summed E-state index contributed by atoms with van der Waals surface area (Å²) in [6.45, 7) is 0. The summed E-state index contributed by atoms with van der Waals surface area (Å²) in [5, 5.41) is 26.0. The molecule has 0 saturated heterocycles. The minimum Gasteiger partial charge on any atom is -0.507 e. The highest BCUT2D eigenvalue weighted by molar-refractivity contribution is 7.80. The summed E-state index contributed by atoms with van der Waals surface area (Å²) >= 11 is 5.17. The van der Waals surface area contributed by atoms with Crippen molar-refractivity contribution in [2.45, 2.75) is 38.1 Å². The summed E-state index contributed by atoms with van der Waals surface area (Å²) in [4.78, 5) is 10.9. The third-order valence-corrected chi connectivity index (χ3v) is 3.78. The lowest BCUT2D eigenvalue weighted by Crippen LogP contribution is -2.40. The summed E-state index contributed by atoms with van der Waals surface area (Å²) < 4.78 is 0. The predicted octanol–water partition coefficient (Wildman–Crippen LogP) is 2.22. The van der Waals surface area contributed by atoms with Gasteiger partial charge in [-0.15, -0.1) is 0 Å². The zero-order chi connectivity index (χ0) is 15.9. The Kier molecular flexibility index (Phi) is 5.71. The van der Waals surface area contributed by atoms with Crippen LogP contribution in [0.25, 0.3) is 0 Å². The van der Waals surface area contributed by atoms with Crippen LogP contribution in [0.15, 0.2) is 23.3 Å². The lowest BCUT2D eigenvalue weighted by atomic mass is 9.96. The van der Waals surface area contributed by atoms with Crippen molar-refractivity contribution < 1.29 is 15.0 Å². The van der Waals surface area contributed by atoms with Gasteiger partial charge in [0.2, 0.25) is 0 Å². The number of carboxylic acid groups (broad SMARTS) is 1. The van der Waals surface area contributed by atoms with E-state index < -0.39 is 5.97 Å². The van der Waals surface area contributed by atoms with E-state index in [0.717, 1.165) is 12.8 Å². The Morgan fingerprint density at radius 2 is 2.05 bits per heavy atom. The van der Waals surface area contributed by atoms with E-state index in [9.17, 15) is 9.90 Å². The van der Waals surface area contributed by atoms with Gasteiger partial charge in [0.05, 0.1) is 6.21 Å². The van der Waals surface area contributed by atoms with Crippen LogP contribution >= 0.6 is 12.2 Å². The van der Waals surface area contributed by atoms with Crippen molar-refractivity contribution in [3.63, 3.8) is 0 Å². The topological polar surface area (TPSA) is 94.0 Å². The van der Waals surface area contributed by atoms with Gasteiger partial charge in [-0.1, -0.05) is 19.3 Å². The van der Waals surface area contributed by atoms with E-state index in [0.29, 0.717) is 16.7 Å². The van der Waals surface area contributed by atoms with Crippen molar-refractivity contribution in [2.75, 3.05) is 0 Å². The number of aromatic carboxylic acids is 1. The number of thiocarbonyl (C=S) groups is 1. The standard InChI is InChI=1S/C15H19N3O3S/c19-13-7-6-10(8-12(13)14(20)21)9-16-18-15(22)17-11-4-2-1-3-5-11/h6-9,11,19H,1-5H2,(H,20,21)(H2,17,18,22)/b16-9+. The fourth-order valence-electron chi connectivity index (χ4n) is 2.44. The molecule has 4 N–H and O–H groups in total. The molecule has 1 aromatic carbocycles. The van der Waals surface area contributed by atoms with E-state index >= 15 is 0 Å². The van der Waals surface area contributed by atoms with E-state index in [-0.39, 0.29) is 11.3 Å². The number of nitrogens with one attached hydrogen (secondary N) is 2. The molecule has 0 spiro atoms. The molecule has 2 rings (SSSR count). The number of aromatic hydroxyl groups is 1. The molecule has 0 heterocycles. The van der Waals surface area contributed by atoms with Crippen molar-refractivity contribution in [3.8, 4) is 5.75 Å². The van der Waals surface area contributed by atoms with Gasteiger partial charge in [-0.3, -0.25) is 5.43 Å². The second kappa shape index (κ2) is 7.74. The van der Waals surface area contributed by atoms with Crippen LogP contribution in [0.3, 0.4) is 0 Å². The number of rotatable bonds is 4. The van der Waals surface area contributed by atoms with Crippen molar-refractivity contribution >= 4 is 29.5 Å². The van der Waals surface area contributed by atoms with E-state index in [1.165, 1.54) is 37.6 Å². The first kappa shape index (κ1) is 16.2. The largest absolute Gasteiger partial charge is 0.507 e. The van der Waals surface area contributed by atoms with Gasteiger partial charge < -0.3 is 15.5 Å². The monoisotopic (exact) mass is 321 g/mol. The van der Waals surface area contributed by atoms with Gasteiger partial charge in [-0.2, -0.15) is 5.10 Å². The Hall–Kier alpha value is -2.15. The van der Waals surface area contributed by atoms with Crippen LogP contribution in [0.2, 0.25) is 0 Å². The molecule has 0 bridgehead atoms. The molecule has 7 heteroatoms. The Labute approximate surface area is 134 Å². The molecule has 0 aromatic heterocycles. The quantitative estimate of drug-likeness (QED) is 0.386. The summed E-state index contributed by atoms with van der Waals surface area (Å²) in [6, 6.07) is 4.64. The SMILES string of the molecule is O=C(O)c1cc(/C=N/NC(=S)NC2CCCCC2)ccc1O. The van der Waals surface area contributed by atoms with Crippen molar-refractivity contribution in [3.05, 3.63) is 29.3 Å². The molecule has 0 unspecified atom stereocenters. The first-order valence-electron chi connectivity index (χ1n) is 7.22. The minimum absolute atomic E-state index is 0.160. The molecule has 0 radical (unpaired) electrons. The molecule has 0 atom stereocenters. The lowest BCUT2D eigenvalue weighted by molar-refractivity contribution is 0.0693. The maximum absolute atomic E-state index is 10.9. The van der Waals surface area contributed by atoms with Crippen molar-refractivity contribution in [1.29, 1.82) is 0 Å². The van der Waals surface area contributed by atoms with Crippen LogP contribution in [0.5, 0.6) is 5.75 Å². The normalized spacial score (nSPS) is 15.6. The van der Waals surface area contributed by atoms with E-state index in [1.807, 2.05) is 0 Å². The van der Waals surface area contributed by atoms with Gasteiger partial charge in [-0.25, -0.2) is 4.79 Å². The molecule has 1 aliphatic carbocycles. The summed E-state index contributed by atoms with van der Waals surface area (Å²) in [7, 11) is 0. The van der Waals surface area contributed by atoms with Gasteiger partial charge in [-0.05, 0) is 48.8 Å². The lowest BCUT2D eigenvalue weighted by Gasteiger charge is -2.23. The second-order valence-corrected chi connectivity index (χ2v) is 5.67. The Morgan fingerprint density at radius 3 is 2.73 bits per heavy atom. The van der Waals surface area contributed by atoms with E-state index in [1.54, 1.807) is 6.07 Å². The average Bonchev–Trinajstić information content (AvgIpc) is 2.49. The third-order valence-electron chi connectivity index (χ3n) is 3.57. The Morgan fingerprint density at radius 1 is 1.32 bits per heavy atom. The highest BCUT2D eigenvalue weighted by Gasteiger charge is 2.13. The molecule has 0 aliphatic heterocycles. The van der Waals surface area contributed by atoms with Crippen LogP contribution in [0, 0.1) is 0 Å². The third kappa shape index (κ3) is 4.70. The van der Waals surface area contributed by atoms with E-state index in [2.05, 4.69) is 15.8 Å². The maximum atomic E-state index is 10.9. The van der Waals surface area contributed by atoms with Gasteiger partial charge in [0, 0.05) is 6.04 Å². The highest BCUT2D eigenvalue weighted by atomic mass is 32.1. The van der Waals surface area contributed by atoms with Crippen LogP contribution in [0.4, 0.5) is 0 Å². The fraction of sp³-hybridized carbons (Fsp3) is 0.400. The molecule has 1 aliphatic rings. The second-order valence-electron chi connectivity index (χ2n) is 5.26. The van der Waals surface area contributed by atoms with Crippen LogP contribution in [-0.2, 0) is 0 Å². The zero-order valence-corrected chi connectivity index (χ0v) is 12.9. The van der Waals surface area contributed by atoms with Crippen LogP contribution in [0.1, 0.15) is 48.0 Å². The molecule has 6 nitrogen and oxygen atoms in total. The molecule has 1 saturated carbocycles. The number of benzene rings is 1. The number of carboxylic acids is 1. The first-order chi connectivity index (χ1) is 10.6. The maximum Gasteiger partial charge on any atom is 0.339 e. The summed E-state index contributed by atoms with van der Waals surface area (Å²) in [5.41, 5.74) is 3.12. The molecular weight excluding hydrogens is 302 g/mol. The zero-order valence-electron chi connectivity index (χ0n) is 12.1. The fourth-order valence-corrected chi connectivity index (χ4v) is 2.65. The molecule has 1 aromatic rings.